The van der Waals surface area contributed by atoms with Gasteiger partial charge in [-0.25, -0.2) is 4.85 Å². The third kappa shape index (κ3) is 2.02. The number of aromatic nitrogens is 2. The van der Waals surface area contributed by atoms with Gasteiger partial charge in [0.1, 0.15) is 0 Å². The number of nitriles is 1. The summed E-state index contributed by atoms with van der Waals surface area (Å²) in [4.78, 5) is 3.43. The SMILES string of the molecule is [C-]#[N+]c1cnn(C)c1Cc1ccccc1C#N. The normalized spacial score (nSPS) is 9.59. The Morgan fingerprint density at radius 3 is 2.94 bits per heavy atom. The highest BCUT2D eigenvalue weighted by molar-refractivity contribution is 5.51. The van der Waals surface area contributed by atoms with Crippen LogP contribution in [0.2, 0.25) is 0 Å². The van der Waals surface area contributed by atoms with Crippen LogP contribution in [0.15, 0.2) is 30.5 Å². The summed E-state index contributed by atoms with van der Waals surface area (Å²) in [6.45, 7) is 7.07. The first kappa shape index (κ1) is 10.9. The molecule has 0 spiro atoms. The van der Waals surface area contributed by atoms with Crippen molar-refractivity contribution in [3.8, 4) is 6.07 Å². The Hall–Kier alpha value is -2.59. The van der Waals surface area contributed by atoms with Crippen molar-refractivity contribution in [2.45, 2.75) is 6.42 Å². The van der Waals surface area contributed by atoms with Crippen LogP contribution in [0.3, 0.4) is 0 Å². The van der Waals surface area contributed by atoms with Crippen molar-refractivity contribution in [2.75, 3.05) is 0 Å². The van der Waals surface area contributed by atoms with Crippen LogP contribution in [0.5, 0.6) is 0 Å². The van der Waals surface area contributed by atoms with Gasteiger partial charge < -0.3 is 0 Å². The zero-order valence-electron chi connectivity index (χ0n) is 9.38. The van der Waals surface area contributed by atoms with Gasteiger partial charge in [-0.3, -0.25) is 4.68 Å². The molecule has 0 aliphatic rings. The van der Waals surface area contributed by atoms with Crippen molar-refractivity contribution in [2.24, 2.45) is 7.05 Å². The van der Waals surface area contributed by atoms with E-state index in [0.29, 0.717) is 17.7 Å². The highest BCUT2D eigenvalue weighted by atomic mass is 15.3. The van der Waals surface area contributed by atoms with E-state index in [0.717, 1.165) is 11.3 Å². The van der Waals surface area contributed by atoms with Gasteiger partial charge in [-0.1, -0.05) is 18.2 Å². The fraction of sp³-hybridized carbons (Fsp3) is 0.154. The molecule has 1 heterocycles. The first-order valence-electron chi connectivity index (χ1n) is 5.12. The zero-order chi connectivity index (χ0) is 12.3. The number of benzene rings is 1. The molecule has 0 bridgehead atoms. The van der Waals surface area contributed by atoms with Gasteiger partial charge >= 0.3 is 0 Å². The molecule has 0 saturated carbocycles. The first-order valence-corrected chi connectivity index (χ1v) is 5.12. The molecule has 4 heteroatoms. The smallest absolute Gasteiger partial charge is 0.227 e. The van der Waals surface area contributed by atoms with E-state index in [2.05, 4.69) is 16.0 Å². The van der Waals surface area contributed by atoms with Crippen molar-refractivity contribution < 1.29 is 0 Å². The Balaban J connectivity index is 2.42. The summed E-state index contributed by atoms with van der Waals surface area (Å²) < 4.78 is 1.68. The molecule has 0 saturated heterocycles. The van der Waals surface area contributed by atoms with Crippen LogP contribution in [-0.4, -0.2) is 9.78 Å². The van der Waals surface area contributed by atoms with Crippen molar-refractivity contribution in [3.05, 3.63) is 58.7 Å². The van der Waals surface area contributed by atoms with E-state index in [1.165, 1.54) is 0 Å². The summed E-state index contributed by atoms with van der Waals surface area (Å²) in [5.74, 6) is 0. The summed E-state index contributed by atoms with van der Waals surface area (Å²) in [6.07, 6.45) is 2.11. The van der Waals surface area contributed by atoms with E-state index in [9.17, 15) is 0 Å². The summed E-state index contributed by atoms with van der Waals surface area (Å²) >= 11 is 0. The second kappa shape index (κ2) is 4.51. The Morgan fingerprint density at radius 2 is 2.24 bits per heavy atom. The third-order valence-electron chi connectivity index (χ3n) is 2.66. The minimum Gasteiger partial charge on any atom is -0.284 e. The van der Waals surface area contributed by atoms with Crippen LogP contribution < -0.4 is 0 Å². The van der Waals surface area contributed by atoms with Gasteiger partial charge in [-0.2, -0.15) is 10.4 Å². The molecule has 0 aliphatic carbocycles. The fourth-order valence-corrected chi connectivity index (χ4v) is 1.71. The molecule has 0 amide bonds. The third-order valence-corrected chi connectivity index (χ3v) is 2.66. The van der Waals surface area contributed by atoms with Crippen LogP contribution in [0.1, 0.15) is 16.8 Å². The van der Waals surface area contributed by atoms with E-state index in [-0.39, 0.29) is 0 Å². The van der Waals surface area contributed by atoms with Gasteiger partial charge in [0.15, 0.2) is 0 Å². The van der Waals surface area contributed by atoms with Gasteiger partial charge in [0.05, 0.1) is 24.4 Å². The largest absolute Gasteiger partial charge is 0.284 e. The maximum atomic E-state index is 9.01. The van der Waals surface area contributed by atoms with Crippen molar-refractivity contribution in [1.82, 2.24) is 9.78 Å². The van der Waals surface area contributed by atoms with Gasteiger partial charge in [-0.15, -0.1) is 0 Å². The molecule has 2 aromatic rings. The molecule has 2 rings (SSSR count). The van der Waals surface area contributed by atoms with Gasteiger partial charge in [0.25, 0.3) is 0 Å². The van der Waals surface area contributed by atoms with Gasteiger partial charge in [0.2, 0.25) is 5.69 Å². The van der Waals surface area contributed by atoms with Gasteiger partial charge in [0, 0.05) is 19.2 Å². The summed E-state index contributed by atoms with van der Waals surface area (Å²) in [7, 11) is 1.80. The Labute approximate surface area is 99.6 Å². The number of hydrogen-bond acceptors (Lipinski definition) is 2. The molecule has 0 unspecified atom stereocenters. The number of hydrogen-bond donors (Lipinski definition) is 0. The molecular weight excluding hydrogens is 212 g/mol. The molecule has 0 N–H and O–H groups in total. The van der Waals surface area contributed by atoms with Gasteiger partial charge in [-0.05, 0) is 11.6 Å². The zero-order valence-corrected chi connectivity index (χ0v) is 9.38. The molecule has 1 aromatic heterocycles. The molecule has 0 aliphatic heterocycles. The maximum Gasteiger partial charge on any atom is 0.227 e. The maximum absolute atomic E-state index is 9.01. The Morgan fingerprint density at radius 1 is 1.47 bits per heavy atom. The minimum atomic E-state index is 0.542. The van der Waals surface area contributed by atoms with E-state index < -0.39 is 0 Å². The minimum absolute atomic E-state index is 0.542. The second-order valence-corrected chi connectivity index (χ2v) is 3.66. The molecule has 4 nitrogen and oxygen atoms in total. The lowest BCUT2D eigenvalue weighted by Gasteiger charge is -2.05. The highest BCUT2D eigenvalue weighted by Crippen LogP contribution is 2.22. The molecule has 82 valence electrons. The Kier molecular flexibility index (Phi) is 2.89. The van der Waals surface area contributed by atoms with E-state index in [1.807, 2.05) is 18.2 Å². The average molecular weight is 222 g/mol. The fourth-order valence-electron chi connectivity index (χ4n) is 1.71. The summed E-state index contributed by atoms with van der Waals surface area (Å²) in [5, 5.41) is 13.1. The predicted octanol–water partition coefficient (Wildman–Crippen LogP) is 2.43. The standard InChI is InChI=1S/C13H10N4/c1-15-12-9-16-17(2)13(12)7-10-5-3-4-6-11(10)8-14/h3-6,9H,7H2,2H3. The Bertz CT molecular complexity index is 626. The molecule has 0 radical (unpaired) electrons. The lowest BCUT2D eigenvalue weighted by molar-refractivity contribution is 0.725. The lowest BCUT2D eigenvalue weighted by Crippen LogP contribution is -2.00. The predicted molar refractivity (Wildman–Crippen MR) is 63.4 cm³/mol. The topological polar surface area (TPSA) is 46.0 Å². The summed E-state index contributed by atoms with van der Waals surface area (Å²) in [5.41, 5.74) is 2.94. The van der Waals surface area contributed by atoms with Crippen molar-refractivity contribution >= 4 is 5.69 Å². The first-order chi connectivity index (χ1) is 8.26. The summed E-state index contributed by atoms with van der Waals surface area (Å²) in [6, 6.07) is 9.57. The van der Waals surface area contributed by atoms with E-state index in [1.54, 1.807) is 24.0 Å². The van der Waals surface area contributed by atoms with Crippen LogP contribution in [0.4, 0.5) is 5.69 Å². The van der Waals surface area contributed by atoms with Crippen molar-refractivity contribution in [1.29, 1.82) is 5.26 Å². The van der Waals surface area contributed by atoms with Crippen molar-refractivity contribution in [3.63, 3.8) is 0 Å². The van der Waals surface area contributed by atoms with Crippen LogP contribution in [-0.2, 0) is 13.5 Å². The van der Waals surface area contributed by atoms with Crippen LogP contribution in [0.25, 0.3) is 4.85 Å². The number of aryl methyl sites for hydroxylation is 1. The number of rotatable bonds is 2. The quantitative estimate of drug-likeness (QED) is 0.732. The molecule has 0 atom stereocenters. The molecular formula is C13H10N4. The highest BCUT2D eigenvalue weighted by Gasteiger charge is 2.11. The van der Waals surface area contributed by atoms with E-state index in [4.69, 9.17) is 11.8 Å². The molecule has 1 aromatic carbocycles. The lowest BCUT2D eigenvalue weighted by atomic mass is 10.0. The molecule has 0 fully saturated rings. The average Bonchev–Trinajstić information content (AvgIpc) is 2.71. The van der Waals surface area contributed by atoms with E-state index >= 15 is 0 Å². The van der Waals surface area contributed by atoms with Crippen LogP contribution in [0, 0.1) is 17.9 Å². The monoisotopic (exact) mass is 222 g/mol. The molecule has 17 heavy (non-hydrogen) atoms. The second-order valence-electron chi connectivity index (χ2n) is 3.66. The van der Waals surface area contributed by atoms with Crippen LogP contribution >= 0.6 is 0 Å². The number of nitrogens with zero attached hydrogens (tertiary/aromatic N) is 4.